The SMILES string of the molecule is c1ccc(-c2ccc(-c3cc(-c4ccc5c(c4)nc(-c4ccc(-c6cccc7c6-c6ccccc6C76c7ccccc7Oc7cc8c(-c9ccccc9)nc9cc(-c%10cc(-c%11cccc(-c%12ccccc%12)c%11)nc(-c%11ccccc%11)n%10)ccc9c8cc76)cc4)c4cc6c(cc45)C4(c5ccccc5O6)c5ccccc5-c5ccccc54)nc(-c4ccccc4)n3)cc2)cc1. The van der Waals surface area contributed by atoms with Crippen molar-refractivity contribution in [3.8, 4) is 169 Å². The van der Waals surface area contributed by atoms with Gasteiger partial charge in [-0.25, -0.2) is 29.9 Å². The Hall–Kier alpha value is -16.9. The molecule has 0 bridgehead atoms. The van der Waals surface area contributed by atoms with Gasteiger partial charge in [0, 0.05) is 88.3 Å². The topological polar surface area (TPSA) is 95.8 Å². The number of hydrogen-bond donors (Lipinski definition) is 0. The van der Waals surface area contributed by atoms with Gasteiger partial charge in [0.1, 0.15) is 23.0 Å². The first-order valence-corrected chi connectivity index (χ1v) is 43.6. The first-order valence-electron chi connectivity index (χ1n) is 43.6. The van der Waals surface area contributed by atoms with Gasteiger partial charge in [0.05, 0.1) is 56.0 Å². The van der Waals surface area contributed by atoms with Crippen LogP contribution in [-0.4, -0.2) is 29.9 Å². The minimum atomic E-state index is -0.841. The Kier molecular flexibility index (Phi) is 16.4. The standard InChI is InChI=1S/C120H72N6O2/c1-6-28-73(29-7-1)75-52-56-77(57-53-75)104-71-106(125-117(123-104)80-34-12-4-13-35-80)84-60-62-89-92-67-102-112(127-110-50-24-22-47-99(110)119(102)96-44-19-16-40-87(96)88-41-17-20-45-97(88)119)70-95(92)116(122-109(89)65-84)79-58-54-76(55-59-79)86-43-27-49-101-114(86)91-42-18-21-46-98(91)120(101)100-48-23-25-51-111(100)128-113-69-94-93(68-103(113)120)90-63-61-85(66-108(90)121-115(94)78-32-10-3-11-33-78)107-72-105(124-118(126-107)81-36-14-5-15-37-81)83-39-26-38-82(64-83)74-30-8-2-9-31-74/h1-72H. The van der Waals surface area contributed by atoms with E-state index in [-0.39, 0.29) is 0 Å². The van der Waals surface area contributed by atoms with Crippen LogP contribution in [0.4, 0.5) is 0 Å². The molecule has 594 valence electrons. The third-order valence-electron chi connectivity index (χ3n) is 26.8. The molecule has 1 unspecified atom stereocenters. The van der Waals surface area contributed by atoms with E-state index < -0.39 is 10.8 Å². The largest absolute Gasteiger partial charge is 0.457 e. The molecule has 0 fully saturated rings. The second-order valence-corrected chi connectivity index (χ2v) is 33.7. The van der Waals surface area contributed by atoms with Crippen LogP contribution in [0.5, 0.6) is 23.0 Å². The fourth-order valence-corrected chi connectivity index (χ4v) is 21.1. The molecule has 26 rings (SSSR count). The quantitative estimate of drug-likeness (QED) is 0.118. The van der Waals surface area contributed by atoms with E-state index in [0.29, 0.717) is 11.6 Å². The van der Waals surface area contributed by atoms with Crippen molar-refractivity contribution in [1.29, 1.82) is 0 Å². The molecule has 22 aromatic rings. The van der Waals surface area contributed by atoms with Crippen molar-refractivity contribution in [3.05, 3.63) is 481 Å². The number of para-hydroxylation sites is 2. The van der Waals surface area contributed by atoms with Gasteiger partial charge < -0.3 is 9.47 Å². The van der Waals surface area contributed by atoms with E-state index in [1.54, 1.807) is 0 Å². The highest BCUT2D eigenvalue weighted by molar-refractivity contribution is 6.15. The van der Waals surface area contributed by atoms with E-state index in [2.05, 4.69) is 400 Å². The zero-order valence-corrected chi connectivity index (χ0v) is 69.1. The molecule has 0 amide bonds. The Balaban J connectivity index is 0.643. The molecule has 2 aliphatic carbocycles. The van der Waals surface area contributed by atoms with E-state index in [4.69, 9.17) is 39.4 Å². The highest BCUT2D eigenvalue weighted by Gasteiger charge is 2.54. The Bertz CT molecular complexity index is 8310. The number of pyridine rings is 2. The number of hydrogen-bond acceptors (Lipinski definition) is 8. The molecular formula is C120H72N6O2. The summed E-state index contributed by atoms with van der Waals surface area (Å²) >= 11 is 0. The summed E-state index contributed by atoms with van der Waals surface area (Å²) in [4.78, 5) is 33.0. The van der Waals surface area contributed by atoms with Gasteiger partial charge in [0.2, 0.25) is 0 Å². The summed E-state index contributed by atoms with van der Waals surface area (Å²) in [6, 6.07) is 157. The van der Waals surface area contributed by atoms with Gasteiger partial charge in [-0.05, 0) is 155 Å². The number of benzene rings is 18. The minimum Gasteiger partial charge on any atom is -0.457 e. The van der Waals surface area contributed by atoms with Gasteiger partial charge in [-0.15, -0.1) is 0 Å². The maximum atomic E-state index is 7.36. The summed E-state index contributed by atoms with van der Waals surface area (Å²) < 4.78 is 14.7. The molecule has 18 aromatic carbocycles. The summed E-state index contributed by atoms with van der Waals surface area (Å²) in [5.41, 5.74) is 33.3. The van der Waals surface area contributed by atoms with Crippen LogP contribution in [0.25, 0.3) is 189 Å². The second-order valence-electron chi connectivity index (χ2n) is 33.7. The van der Waals surface area contributed by atoms with Crippen molar-refractivity contribution in [1.82, 2.24) is 29.9 Å². The first kappa shape index (κ1) is 72.7. The van der Waals surface area contributed by atoms with Crippen molar-refractivity contribution < 1.29 is 9.47 Å². The molecule has 2 spiro atoms. The van der Waals surface area contributed by atoms with Crippen molar-refractivity contribution >= 4 is 43.4 Å². The molecule has 6 heterocycles. The molecule has 0 saturated carbocycles. The smallest absolute Gasteiger partial charge is 0.160 e. The predicted octanol–water partition coefficient (Wildman–Crippen LogP) is 29.9. The second kappa shape index (κ2) is 28.8. The number of rotatable bonds is 11. The highest BCUT2D eigenvalue weighted by atomic mass is 16.5. The lowest BCUT2D eigenvalue weighted by Gasteiger charge is -2.39. The van der Waals surface area contributed by atoms with Gasteiger partial charge in [0.15, 0.2) is 11.6 Å². The molecule has 8 nitrogen and oxygen atoms in total. The van der Waals surface area contributed by atoms with Crippen LogP contribution in [0.15, 0.2) is 437 Å². The summed E-state index contributed by atoms with van der Waals surface area (Å²) in [5.74, 6) is 4.47. The van der Waals surface area contributed by atoms with E-state index in [9.17, 15) is 0 Å². The Morgan fingerprint density at radius 3 is 1.00 bits per heavy atom. The van der Waals surface area contributed by atoms with Crippen LogP contribution in [-0.2, 0) is 10.8 Å². The predicted molar refractivity (Wildman–Crippen MR) is 518 cm³/mol. The zero-order valence-electron chi connectivity index (χ0n) is 69.1. The summed E-state index contributed by atoms with van der Waals surface area (Å²) in [5, 5.41) is 6.09. The Morgan fingerprint density at radius 1 is 0.164 bits per heavy atom. The average Bonchev–Trinajstić information content (AvgIpc) is 1.50. The highest BCUT2D eigenvalue weighted by Crippen LogP contribution is 2.66. The lowest BCUT2D eigenvalue weighted by atomic mass is 9.65. The number of nitrogens with zero attached hydrogens (tertiary/aromatic N) is 6. The van der Waals surface area contributed by atoms with Crippen molar-refractivity contribution in [2.45, 2.75) is 10.8 Å². The molecule has 128 heavy (non-hydrogen) atoms. The molecule has 4 aliphatic rings. The van der Waals surface area contributed by atoms with Crippen LogP contribution < -0.4 is 9.47 Å². The first-order chi connectivity index (χ1) is 63.4. The monoisotopic (exact) mass is 1630 g/mol. The fourth-order valence-electron chi connectivity index (χ4n) is 21.1. The molecule has 0 N–H and O–H groups in total. The van der Waals surface area contributed by atoms with Crippen LogP contribution in [0.2, 0.25) is 0 Å². The third kappa shape index (κ3) is 11.3. The summed E-state index contributed by atoms with van der Waals surface area (Å²) in [6.45, 7) is 0. The summed E-state index contributed by atoms with van der Waals surface area (Å²) in [7, 11) is 0. The number of ether oxygens (including phenoxy) is 2. The van der Waals surface area contributed by atoms with Crippen LogP contribution in [0.3, 0.4) is 0 Å². The van der Waals surface area contributed by atoms with Crippen molar-refractivity contribution in [3.63, 3.8) is 0 Å². The molecule has 1 atom stereocenters. The van der Waals surface area contributed by atoms with Crippen molar-refractivity contribution in [2.75, 3.05) is 0 Å². The zero-order chi connectivity index (χ0) is 84.1. The lowest BCUT2D eigenvalue weighted by molar-refractivity contribution is 0.437. The Morgan fingerprint density at radius 2 is 0.492 bits per heavy atom. The van der Waals surface area contributed by atoms with Gasteiger partial charge >= 0.3 is 0 Å². The van der Waals surface area contributed by atoms with Crippen LogP contribution >= 0.6 is 0 Å². The van der Waals surface area contributed by atoms with E-state index in [0.717, 1.165) is 206 Å². The minimum absolute atomic E-state index is 0.639. The molecule has 2 aliphatic heterocycles. The van der Waals surface area contributed by atoms with Crippen LogP contribution in [0.1, 0.15) is 44.5 Å². The van der Waals surface area contributed by atoms with E-state index in [1.807, 2.05) is 36.4 Å². The Labute approximate surface area is 738 Å². The van der Waals surface area contributed by atoms with Gasteiger partial charge in [0.25, 0.3) is 0 Å². The van der Waals surface area contributed by atoms with E-state index >= 15 is 0 Å². The molecule has 0 radical (unpaired) electrons. The maximum Gasteiger partial charge on any atom is 0.160 e. The van der Waals surface area contributed by atoms with Crippen LogP contribution in [0, 0.1) is 0 Å². The molecule has 4 aromatic heterocycles. The third-order valence-corrected chi connectivity index (χ3v) is 26.8. The summed E-state index contributed by atoms with van der Waals surface area (Å²) in [6.07, 6.45) is 0. The van der Waals surface area contributed by atoms with Gasteiger partial charge in [-0.2, -0.15) is 0 Å². The normalized spacial score (nSPS) is 13.8. The molecule has 8 heteroatoms. The van der Waals surface area contributed by atoms with Gasteiger partial charge in [-0.1, -0.05) is 370 Å². The fraction of sp³-hybridized carbons (Fsp3) is 0.0167. The van der Waals surface area contributed by atoms with Crippen molar-refractivity contribution in [2.24, 2.45) is 0 Å². The maximum absolute atomic E-state index is 7.36. The molecular weight excluding hydrogens is 1560 g/mol. The van der Waals surface area contributed by atoms with E-state index in [1.165, 1.54) is 38.9 Å². The van der Waals surface area contributed by atoms with Gasteiger partial charge in [-0.3, -0.25) is 0 Å². The number of fused-ring (bicyclic) bond motifs is 24. The average molecular weight is 1630 g/mol. The molecule has 0 saturated heterocycles. The number of aromatic nitrogens is 6. The lowest BCUT2D eigenvalue weighted by Crippen LogP contribution is -2.32.